The first-order valence-electron chi connectivity index (χ1n) is 6.82. The van der Waals surface area contributed by atoms with Gasteiger partial charge in [-0.25, -0.2) is 4.79 Å². The summed E-state index contributed by atoms with van der Waals surface area (Å²) >= 11 is 1.59. The lowest BCUT2D eigenvalue weighted by molar-refractivity contribution is -0.146. The average molecular weight is 317 g/mol. The monoisotopic (exact) mass is 317 g/mol. The van der Waals surface area contributed by atoms with Crippen molar-refractivity contribution in [3.05, 3.63) is 0 Å². The van der Waals surface area contributed by atoms with E-state index in [0.717, 1.165) is 5.75 Å². The molecule has 0 aromatic carbocycles. The van der Waals surface area contributed by atoms with Gasteiger partial charge in [0.25, 0.3) is 0 Å². The van der Waals surface area contributed by atoms with Gasteiger partial charge in [-0.2, -0.15) is 11.8 Å². The molecule has 0 saturated carbocycles. The van der Waals surface area contributed by atoms with Crippen LogP contribution < -0.4 is 11.1 Å². The summed E-state index contributed by atoms with van der Waals surface area (Å²) in [6.45, 7) is 2.71. The predicted octanol–water partition coefficient (Wildman–Crippen LogP) is 0.0439. The molecule has 0 spiro atoms. The molecule has 21 heavy (non-hydrogen) atoms. The van der Waals surface area contributed by atoms with Crippen molar-refractivity contribution in [1.82, 2.24) is 10.2 Å². The molecular formula is C13H23N3O4S. The number of urea groups is 1. The van der Waals surface area contributed by atoms with Crippen molar-refractivity contribution in [3.63, 3.8) is 0 Å². The SMILES string of the molecule is COC(=O)C1CN(C(=O)C(CCSC)NC(N)=O)CC1C. The van der Waals surface area contributed by atoms with Crippen molar-refractivity contribution in [3.8, 4) is 0 Å². The maximum absolute atomic E-state index is 12.5. The Morgan fingerprint density at radius 3 is 2.62 bits per heavy atom. The quantitative estimate of drug-likeness (QED) is 0.674. The molecule has 1 rings (SSSR count). The molecule has 3 N–H and O–H groups in total. The Morgan fingerprint density at radius 2 is 2.10 bits per heavy atom. The third kappa shape index (κ3) is 4.80. The average Bonchev–Trinajstić information content (AvgIpc) is 2.83. The summed E-state index contributed by atoms with van der Waals surface area (Å²) in [4.78, 5) is 36.8. The smallest absolute Gasteiger partial charge is 0.312 e. The third-order valence-corrected chi connectivity index (χ3v) is 4.30. The van der Waals surface area contributed by atoms with Crippen LogP contribution in [0.1, 0.15) is 13.3 Å². The second kappa shape index (κ2) is 8.11. The Balaban J connectivity index is 2.71. The normalized spacial score (nSPS) is 22.7. The van der Waals surface area contributed by atoms with Gasteiger partial charge in [-0.15, -0.1) is 0 Å². The molecule has 3 amide bonds. The Morgan fingerprint density at radius 1 is 1.43 bits per heavy atom. The zero-order valence-corrected chi connectivity index (χ0v) is 13.4. The summed E-state index contributed by atoms with van der Waals surface area (Å²) in [6.07, 6.45) is 2.44. The van der Waals surface area contributed by atoms with Crippen molar-refractivity contribution in [2.45, 2.75) is 19.4 Å². The molecule has 1 heterocycles. The molecule has 7 nitrogen and oxygen atoms in total. The Kier molecular flexibility index (Phi) is 6.80. The molecule has 0 radical (unpaired) electrons. The highest BCUT2D eigenvalue weighted by molar-refractivity contribution is 7.98. The van der Waals surface area contributed by atoms with E-state index in [9.17, 15) is 14.4 Å². The Labute approximate surface area is 128 Å². The number of carbonyl (C=O) groups is 3. The second-order valence-corrected chi connectivity index (χ2v) is 6.18. The second-order valence-electron chi connectivity index (χ2n) is 5.19. The first-order chi connectivity index (χ1) is 9.90. The maximum Gasteiger partial charge on any atom is 0.312 e. The van der Waals surface area contributed by atoms with Crippen LogP contribution in [0.25, 0.3) is 0 Å². The first-order valence-corrected chi connectivity index (χ1v) is 8.21. The molecule has 0 aromatic heterocycles. The largest absolute Gasteiger partial charge is 0.469 e. The van der Waals surface area contributed by atoms with Gasteiger partial charge in [-0.1, -0.05) is 6.92 Å². The van der Waals surface area contributed by atoms with E-state index in [0.29, 0.717) is 19.5 Å². The topological polar surface area (TPSA) is 102 Å². The van der Waals surface area contributed by atoms with Gasteiger partial charge in [-0.3, -0.25) is 9.59 Å². The number of nitrogens with two attached hydrogens (primary N) is 1. The van der Waals surface area contributed by atoms with E-state index in [-0.39, 0.29) is 23.7 Å². The van der Waals surface area contributed by atoms with E-state index in [1.54, 1.807) is 16.7 Å². The number of amides is 3. The van der Waals surface area contributed by atoms with Crippen LogP contribution in [0.15, 0.2) is 0 Å². The molecule has 1 aliphatic rings. The molecule has 0 bridgehead atoms. The molecule has 1 saturated heterocycles. The van der Waals surface area contributed by atoms with Gasteiger partial charge in [0.15, 0.2) is 0 Å². The standard InChI is InChI=1S/C13H23N3O4S/c1-8-6-16(7-9(8)12(18)20-2)11(17)10(4-5-21-3)15-13(14)19/h8-10H,4-7H2,1-3H3,(H3,14,15,19). The number of ether oxygens (including phenoxy) is 1. The van der Waals surface area contributed by atoms with Gasteiger partial charge in [0.1, 0.15) is 6.04 Å². The molecule has 1 fully saturated rings. The van der Waals surface area contributed by atoms with E-state index in [2.05, 4.69) is 5.32 Å². The van der Waals surface area contributed by atoms with Crippen LogP contribution in [0.4, 0.5) is 4.79 Å². The number of primary amides is 1. The summed E-state index contributed by atoms with van der Waals surface area (Å²) in [5.41, 5.74) is 5.12. The fourth-order valence-corrected chi connectivity index (χ4v) is 2.96. The summed E-state index contributed by atoms with van der Waals surface area (Å²) in [5, 5.41) is 2.48. The van der Waals surface area contributed by atoms with E-state index < -0.39 is 12.1 Å². The fraction of sp³-hybridized carbons (Fsp3) is 0.769. The van der Waals surface area contributed by atoms with Crippen molar-refractivity contribution < 1.29 is 19.1 Å². The van der Waals surface area contributed by atoms with Gasteiger partial charge >= 0.3 is 12.0 Å². The molecule has 3 atom stereocenters. The van der Waals surface area contributed by atoms with E-state index >= 15 is 0 Å². The number of thioether (sulfide) groups is 1. The highest BCUT2D eigenvalue weighted by Crippen LogP contribution is 2.25. The van der Waals surface area contributed by atoms with Crippen LogP contribution in [0, 0.1) is 11.8 Å². The van der Waals surface area contributed by atoms with Crippen molar-refractivity contribution in [1.29, 1.82) is 0 Å². The summed E-state index contributed by atoms with van der Waals surface area (Å²) in [6, 6.07) is -1.36. The van der Waals surface area contributed by atoms with Gasteiger partial charge < -0.3 is 20.7 Å². The number of hydrogen-bond acceptors (Lipinski definition) is 5. The summed E-state index contributed by atoms with van der Waals surface area (Å²) in [5.74, 6) is -0.0344. The van der Waals surface area contributed by atoms with Gasteiger partial charge in [0.05, 0.1) is 13.0 Å². The van der Waals surface area contributed by atoms with E-state index in [1.807, 2.05) is 13.2 Å². The van der Waals surface area contributed by atoms with Crippen molar-refractivity contribution in [2.75, 3.05) is 32.2 Å². The van der Waals surface area contributed by atoms with Crippen LogP contribution in [0.3, 0.4) is 0 Å². The van der Waals surface area contributed by atoms with Crippen LogP contribution in [-0.4, -0.2) is 61.1 Å². The minimum absolute atomic E-state index is 0.0381. The molecule has 120 valence electrons. The van der Waals surface area contributed by atoms with Crippen molar-refractivity contribution >= 4 is 29.7 Å². The third-order valence-electron chi connectivity index (χ3n) is 3.65. The summed E-state index contributed by atoms with van der Waals surface area (Å²) < 4.78 is 4.75. The molecule has 8 heteroatoms. The number of likely N-dealkylation sites (tertiary alicyclic amines) is 1. The van der Waals surface area contributed by atoms with Gasteiger partial charge in [-0.05, 0) is 24.3 Å². The van der Waals surface area contributed by atoms with Crippen molar-refractivity contribution in [2.24, 2.45) is 17.6 Å². The predicted molar refractivity (Wildman–Crippen MR) is 80.8 cm³/mol. The maximum atomic E-state index is 12.5. The van der Waals surface area contributed by atoms with Gasteiger partial charge in [0, 0.05) is 13.1 Å². The number of rotatable bonds is 6. The molecule has 3 unspecified atom stereocenters. The number of hydrogen-bond donors (Lipinski definition) is 2. The number of esters is 1. The highest BCUT2D eigenvalue weighted by atomic mass is 32.2. The van der Waals surface area contributed by atoms with Crippen LogP contribution in [-0.2, 0) is 14.3 Å². The lowest BCUT2D eigenvalue weighted by Crippen LogP contribution is -2.50. The molecule has 0 aliphatic carbocycles. The van der Waals surface area contributed by atoms with E-state index in [4.69, 9.17) is 10.5 Å². The number of nitrogens with one attached hydrogen (secondary N) is 1. The zero-order valence-electron chi connectivity index (χ0n) is 12.6. The lowest BCUT2D eigenvalue weighted by atomic mass is 9.99. The Bertz CT molecular complexity index is 405. The number of nitrogens with zero attached hydrogens (tertiary/aromatic N) is 1. The lowest BCUT2D eigenvalue weighted by Gasteiger charge is -2.23. The van der Waals surface area contributed by atoms with E-state index in [1.165, 1.54) is 7.11 Å². The fourth-order valence-electron chi connectivity index (χ4n) is 2.49. The molecular weight excluding hydrogens is 294 g/mol. The molecule has 0 aromatic rings. The summed E-state index contributed by atoms with van der Waals surface area (Å²) in [7, 11) is 1.34. The molecule has 1 aliphatic heterocycles. The van der Waals surface area contributed by atoms with Crippen LogP contribution in [0.2, 0.25) is 0 Å². The minimum Gasteiger partial charge on any atom is -0.469 e. The number of carbonyl (C=O) groups excluding carboxylic acids is 3. The number of methoxy groups -OCH3 is 1. The van der Waals surface area contributed by atoms with Gasteiger partial charge in [0.2, 0.25) is 5.91 Å². The zero-order chi connectivity index (χ0) is 16.0. The first kappa shape index (κ1) is 17.6. The minimum atomic E-state index is -0.716. The van der Waals surface area contributed by atoms with Crippen LogP contribution >= 0.6 is 11.8 Å². The highest BCUT2D eigenvalue weighted by Gasteiger charge is 2.39. The Hall–Kier alpha value is -1.44. The van der Waals surface area contributed by atoms with Crippen LogP contribution in [0.5, 0.6) is 0 Å².